The summed E-state index contributed by atoms with van der Waals surface area (Å²) in [5, 5.41) is 0. The van der Waals surface area contributed by atoms with E-state index in [1.165, 1.54) is 5.56 Å². The molecule has 1 heteroatoms. The summed E-state index contributed by atoms with van der Waals surface area (Å²) in [5.74, 6) is 1.06. The molecule has 0 saturated carbocycles. The van der Waals surface area contributed by atoms with E-state index in [0.29, 0.717) is 11.8 Å². The Labute approximate surface area is 86.2 Å². The van der Waals surface area contributed by atoms with Gasteiger partial charge in [0.15, 0.2) is 0 Å². The van der Waals surface area contributed by atoms with Crippen molar-refractivity contribution < 1.29 is 4.39 Å². The fraction of sp³-hybridized carbons (Fsp3) is 0.538. The average molecular weight is 194 g/mol. The Balaban J connectivity index is 3.00. The molecule has 0 aliphatic rings. The van der Waals surface area contributed by atoms with Crippen molar-refractivity contribution in [1.29, 1.82) is 0 Å². The Morgan fingerprint density at radius 2 is 1.93 bits per heavy atom. The third-order valence-electron chi connectivity index (χ3n) is 2.85. The van der Waals surface area contributed by atoms with Crippen molar-refractivity contribution in [3.63, 3.8) is 0 Å². The molecule has 0 heterocycles. The Morgan fingerprint density at radius 3 is 2.36 bits per heavy atom. The van der Waals surface area contributed by atoms with Gasteiger partial charge in [-0.25, -0.2) is 4.39 Å². The lowest BCUT2D eigenvalue weighted by Crippen LogP contribution is -2.05. The number of hydrogen-bond acceptors (Lipinski definition) is 0. The first-order valence-corrected chi connectivity index (χ1v) is 5.32. The smallest absolute Gasteiger partial charge is 0.126 e. The second-order valence-corrected chi connectivity index (χ2v) is 4.27. The summed E-state index contributed by atoms with van der Waals surface area (Å²) in [5.41, 5.74) is 2.02. The van der Waals surface area contributed by atoms with Gasteiger partial charge in [-0.1, -0.05) is 32.9 Å². The van der Waals surface area contributed by atoms with E-state index in [1.54, 1.807) is 6.07 Å². The predicted octanol–water partition coefficient (Wildman–Crippen LogP) is 4.28. The van der Waals surface area contributed by atoms with Crippen LogP contribution < -0.4 is 0 Å². The number of rotatable bonds is 3. The van der Waals surface area contributed by atoms with E-state index in [4.69, 9.17) is 0 Å². The van der Waals surface area contributed by atoms with E-state index in [9.17, 15) is 4.39 Å². The number of aryl methyl sites for hydroxylation is 1. The van der Waals surface area contributed by atoms with Crippen LogP contribution in [0.25, 0.3) is 0 Å². The Bertz CT molecular complexity index is 302. The summed E-state index contributed by atoms with van der Waals surface area (Å²) in [6.45, 7) is 8.44. The molecule has 78 valence electrons. The van der Waals surface area contributed by atoms with Crippen LogP contribution in [0.3, 0.4) is 0 Å². The highest BCUT2D eigenvalue weighted by Crippen LogP contribution is 2.28. The largest absolute Gasteiger partial charge is 0.207 e. The Morgan fingerprint density at radius 1 is 1.29 bits per heavy atom. The Hall–Kier alpha value is -0.850. The maximum Gasteiger partial charge on any atom is 0.126 e. The van der Waals surface area contributed by atoms with Gasteiger partial charge >= 0.3 is 0 Å². The maximum absolute atomic E-state index is 13.1. The molecule has 1 rings (SSSR count). The van der Waals surface area contributed by atoms with Gasteiger partial charge < -0.3 is 0 Å². The molecule has 0 nitrogen and oxygen atoms in total. The molecule has 1 aromatic rings. The van der Waals surface area contributed by atoms with Crippen LogP contribution >= 0.6 is 0 Å². The summed E-state index contributed by atoms with van der Waals surface area (Å²) in [4.78, 5) is 0. The van der Waals surface area contributed by atoms with Crippen LogP contribution in [0.15, 0.2) is 18.2 Å². The zero-order valence-corrected chi connectivity index (χ0v) is 9.47. The summed E-state index contributed by atoms with van der Waals surface area (Å²) in [6.07, 6.45) is 1.11. The van der Waals surface area contributed by atoms with Crippen LogP contribution in [0.5, 0.6) is 0 Å². The predicted molar refractivity (Wildman–Crippen MR) is 59.0 cm³/mol. The minimum atomic E-state index is -0.104. The first-order chi connectivity index (χ1) is 6.56. The normalized spacial score (nSPS) is 13.3. The molecule has 0 bridgehead atoms. The minimum Gasteiger partial charge on any atom is -0.207 e. The fourth-order valence-electron chi connectivity index (χ4n) is 1.99. The quantitative estimate of drug-likeness (QED) is 0.673. The summed E-state index contributed by atoms with van der Waals surface area (Å²) in [6, 6.07) is 5.47. The molecule has 1 aromatic carbocycles. The molecule has 0 fully saturated rings. The molecule has 0 amide bonds. The zero-order chi connectivity index (χ0) is 10.7. The van der Waals surface area contributed by atoms with E-state index in [0.717, 1.165) is 12.0 Å². The molecule has 0 aliphatic heterocycles. The fourth-order valence-corrected chi connectivity index (χ4v) is 1.99. The van der Waals surface area contributed by atoms with Crippen LogP contribution in [-0.4, -0.2) is 0 Å². The van der Waals surface area contributed by atoms with Gasteiger partial charge in [0.1, 0.15) is 5.82 Å². The van der Waals surface area contributed by atoms with Crippen LogP contribution in [-0.2, 0) is 0 Å². The van der Waals surface area contributed by atoms with Crippen molar-refractivity contribution in [1.82, 2.24) is 0 Å². The third kappa shape index (κ3) is 2.34. The molecule has 0 unspecified atom stereocenters. The third-order valence-corrected chi connectivity index (χ3v) is 2.85. The van der Waals surface area contributed by atoms with Gasteiger partial charge in [0.05, 0.1) is 0 Å². The van der Waals surface area contributed by atoms with Crippen molar-refractivity contribution in [3.05, 3.63) is 35.1 Å². The van der Waals surface area contributed by atoms with E-state index in [2.05, 4.69) is 20.8 Å². The molecule has 1 atom stereocenters. The molecular weight excluding hydrogens is 175 g/mol. The lowest BCUT2D eigenvalue weighted by Gasteiger charge is -2.19. The zero-order valence-electron chi connectivity index (χ0n) is 9.47. The molecular formula is C13H19F. The molecule has 0 spiro atoms. The van der Waals surface area contributed by atoms with Crippen LogP contribution in [0.1, 0.15) is 44.2 Å². The van der Waals surface area contributed by atoms with E-state index in [1.807, 2.05) is 19.1 Å². The van der Waals surface area contributed by atoms with Crippen molar-refractivity contribution in [2.24, 2.45) is 5.92 Å². The van der Waals surface area contributed by atoms with Crippen molar-refractivity contribution in [2.75, 3.05) is 0 Å². The van der Waals surface area contributed by atoms with Crippen LogP contribution in [0, 0.1) is 18.7 Å². The lowest BCUT2D eigenvalue weighted by molar-refractivity contribution is 0.484. The highest BCUT2D eigenvalue weighted by atomic mass is 19.1. The van der Waals surface area contributed by atoms with Gasteiger partial charge in [-0.15, -0.1) is 0 Å². The van der Waals surface area contributed by atoms with Crippen LogP contribution in [0.2, 0.25) is 0 Å². The molecule has 0 radical (unpaired) electrons. The number of benzene rings is 1. The maximum atomic E-state index is 13.1. The molecule has 0 aromatic heterocycles. The SMILES string of the molecule is CC[C@H](c1ccc(F)c(C)c1)C(C)C. The molecule has 0 N–H and O–H groups in total. The van der Waals surface area contributed by atoms with Gasteiger partial charge in [-0.3, -0.25) is 0 Å². The summed E-state index contributed by atoms with van der Waals surface area (Å²) >= 11 is 0. The van der Waals surface area contributed by atoms with E-state index < -0.39 is 0 Å². The summed E-state index contributed by atoms with van der Waals surface area (Å²) < 4.78 is 13.1. The van der Waals surface area contributed by atoms with Crippen molar-refractivity contribution in [3.8, 4) is 0 Å². The topological polar surface area (TPSA) is 0 Å². The van der Waals surface area contributed by atoms with Gasteiger partial charge in [0.2, 0.25) is 0 Å². The highest BCUT2D eigenvalue weighted by molar-refractivity contribution is 5.27. The number of halogens is 1. The van der Waals surface area contributed by atoms with Gasteiger partial charge in [0.25, 0.3) is 0 Å². The monoisotopic (exact) mass is 194 g/mol. The minimum absolute atomic E-state index is 0.104. The van der Waals surface area contributed by atoms with Gasteiger partial charge in [-0.05, 0) is 42.4 Å². The van der Waals surface area contributed by atoms with E-state index in [-0.39, 0.29) is 5.82 Å². The lowest BCUT2D eigenvalue weighted by atomic mass is 9.86. The Kier molecular flexibility index (Phi) is 3.68. The summed E-state index contributed by atoms with van der Waals surface area (Å²) in [7, 11) is 0. The molecule has 0 aliphatic carbocycles. The standard InChI is InChI=1S/C13H19F/c1-5-12(9(2)3)11-6-7-13(14)10(4)8-11/h6-9,12H,5H2,1-4H3/t12-/m0/s1. The first kappa shape index (κ1) is 11.2. The second kappa shape index (κ2) is 4.59. The average Bonchev–Trinajstić information content (AvgIpc) is 2.11. The number of hydrogen-bond donors (Lipinski definition) is 0. The second-order valence-electron chi connectivity index (χ2n) is 4.27. The van der Waals surface area contributed by atoms with Gasteiger partial charge in [0, 0.05) is 0 Å². The van der Waals surface area contributed by atoms with Crippen molar-refractivity contribution >= 4 is 0 Å². The van der Waals surface area contributed by atoms with Crippen molar-refractivity contribution in [2.45, 2.75) is 40.0 Å². The highest BCUT2D eigenvalue weighted by Gasteiger charge is 2.14. The van der Waals surface area contributed by atoms with Gasteiger partial charge in [-0.2, -0.15) is 0 Å². The molecule has 14 heavy (non-hydrogen) atoms. The van der Waals surface area contributed by atoms with Crippen LogP contribution in [0.4, 0.5) is 4.39 Å². The van der Waals surface area contributed by atoms with E-state index >= 15 is 0 Å². The molecule has 0 saturated heterocycles. The first-order valence-electron chi connectivity index (χ1n) is 5.32.